The summed E-state index contributed by atoms with van der Waals surface area (Å²) >= 11 is 6.52. The van der Waals surface area contributed by atoms with Crippen molar-refractivity contribution >= 4 is 28.3 Å². The van der Waals surface area contributed by atoms with Crippen LogP contribution in [0, 0.1) is 11.3 Å². The van der Waals surface area contributed by atoms with Gasteiger partial charge in [0.25, 0.3) is 0 Å². The Hall–Kier alpha value is -5.43. The second-order valence-corrected chi connectivity index (χ2v) is 14.8. The summed E-state index contributed by atoms with van der Waals surface area (Å²) in [5.74, 6) is -0.00577. The second kappa shape index (κ2) is 13.4. The van der Waals surface area contributed by atoms with Crippen LogP contribution in [-0.4, -0.2) is 0 Å². The molecule has 2 aliphatic rings. The molecule has 1 unspecified atom stereocenters. The fourth-order valence-electron chi connectivity index (χ4n) is 8.65. The van der Waals surface area contributed by atoms with Crippen molar-refractivity contribution in [2.45, 2.75) is 27.7 Å². The molecule has 8 rings (SSSR count). The third-order valence-corrected chi connectivity index (χ3v) is 10.8. The molecular weight excluding hydrogens is 636 g/mol. The van der Waals surface area contributed by atoms with Crippen LogP contribution in [0.4, 0.5) is 0 Å². The van der Waals surface area contributed by atoms with Crippen LogP contribution in [0.3, 0.4) is 0 Å². The highest BCUT2D eigenvalue weighted by molar-refractivity contribution is 6.30. The third-order valence-electron chi connectivity index (χ3n) is 10.6. The van der Waals surface area contributed by atoms with Gasteiger partial charge in [-0.15, -0.1) is 0 Å². The maximum absolute atomic E-state index is 6.52. The lowest BCUT2D eigenvalue weighted by Gasteiger charge is -2.28. The lowest BCUT2D eigenvalue weighted by molar-refractivity contribution is 0.561. The molecule has 0 amide bonds. The molecule has 1 atom stereocenters. The van der Waals surface area contributed by atoms with Gasteiger partial charge in [-0.05, 0) is 110 Å². The van der Waals surface area contributed by atoms with E-state index >= 15 is 0 Å². The minimum atomic E-state index is -0.293. The summed E-state index contributed by atoms with van der Waals surface area (Å²) < 4.78 is 0. The zero-order valence-electron chi connectivity index (χ0n) is 29.6. The molecule has 0 spiro atoms. The van der Waals surface area contributed by atoms with Gasteiger partial charge in [0.15, 0.2) is 0 Å². The second-order valence-electron chi connectivity index (χ2n) is 14.4. The Morgan fingerprint density at radius 1 is 0.529 bits per heavy atom. The van der Waals surface area contributed by atoms with Crippen LogP contribution in [0.2, 0.25) is 5.02 Å². The number of hydrogen-bond acceptors (Lipinski definition) is 0. The molecule has 1 heteroatoms. The van der Waals surface area contributed by atoms with Crippen LogP contribution < -0.4 is 0 Å². The van der Waals surface area contributed by atoms with E-state index in [9.17, 15) is 0 Å². The molecule has 2 aliphatic carbocycles. The molecule has 0 radical (unpaired) electrons. The van der Waals surface area contributed by atoms with Gasteiger partial charge in [0.1, 0.15) is 0 Å². The predicted molar refractivity (Wildman–Crippen MR) is 217 cm³/mol. The standard InChI is InChI=1S/C50H41Cl/c1-33(2)48-47(45(36-21-13-7-14-22-36)38-25-28-40(51)29-26-38)44-32-42(35-19-11-6-12-20-35)41-30-27-39(34-17-9-5-10-18-34)31-43(41)46(49(44)50(48,3)4)37-23-15-8-16-24-37/h5-32,44H,1-4H3/b47-45+. The summed E-state index contributed by atoms with van der Waals surface area (Å²) in [6, 6.07) is 59.2. The molecular formula is C50H41Cl. The summed E-state index contributed by atoms with van der Waals surface area (Å²) in [5, 5.41) is 0.739. The van der Waals surface area contributed by atoms with E-state index < -0.39 is 0 Å². The number of benzene rings is 6. The van der Waals surface area contributed by atoms with Gasteiger partial charge < -0.3 is 0 Å². The number of halogens is 1. The van der Waals surface area contributed by atoms with Gasteiger partial charge in [-0.1, -0.05) is 183 Å². The smallest absolute Gasteiger partial charge is 0.0406 e. The van der Waals surface area contributed by atoms with Crippen LogP contribution in [0.5, 0.6) is 0 Å². The van der Waals surface area contributed by atoms with Crippen molar-refractivity contribution in [2.75, 3.05) is 0 Å². The molecule has 51 heavy (non-hydrogen) atoms. The third kappa shape index (κ3) is 5.84. The minimum Gasteiger partial charge on any atom is -0.0843 e. The minimum absolute atomic E-state index is 0.00577. The van der Waals surface area contributed by atoms with Gasteiger partial charge >= 0.3 is 0 Å². The molecule has 0 N–H and O–H groups in total. The molecule has 0 saturated heterocycles. The molecule has 0 aliphatic heterocycles. The van der Waals surface area contributed by atoms with Crippen molar-refractivity contribution in [3.63, 3.8) is 0 Å². The van der Waals surface area contributed by atoms with Gasteiger partial charge in [-0.3, -0.25) is 0 Å². The van der Waals surface area contributed by atoms with E-state index in [1.165, 1.54) is 83.5 Å². The molecule has 0 nitrogen and oxygen atoms in total. The quantitative estimate of drug-likeness (QED) is 0.170. The van der Waals surface area contributed by atoms with E-state index in [4.69, 9.17) is 11.6 Å². The molecule has 1 fully saturated rings. The molecule has 6 aromatic rings. The lowest BCUT2D eigenvalue weighted by atomic mass is 9.75. The van der Waals surface area contributed by atoms with E-state index in [2.05, 4.69) is 185 Å². The van der Waals surface area contributed by atoms with Crippen molar-refractivity contribution in [1.82, 2.24) is 0 Å². The Morgan fingerprint density at radius 2 is 1.06 bits per heavy atom. The van der Waals surface area contributed by atoms with E-state index in [1.807, 2.05) is 12.1 Å². The normalized spacial score (nSPS) is 17.3. The Labute approximate surface area is 307 Å². The summed E-state index contributed by atoms with van der Waals surface area (Å²) in [4.78, 5) is 0. The topological polar surface area (TPSA) is 0 Å². The first-order valence-electron chi connectivity index (χ1n) is 17.8. The fraction of sp³-hybridized carbons (Fsp3) is 0.120. The Kier molecular flexibility index (Phi) is 8.58. The highest BCUT2D eigenvalue weighted by atomic mass is 35.5. The molecule has 0 heterocycles. The van der Waals surface area contributed by atoms with Gasteiger partial charge in [0.2, 0.25) is 0 Å². The molecule has 0 aromatic heterocycles. The predicted octanol–water partition coefficient (Wildman–Crippen LogP) is 13.7. The highest BCUT2D eigenvalue weighted by Gasteiger charge is 2.48. The van der Waals surface area contributed by atoms with Crippen LogP contribution in [0.1, 0.15) is 61.1 Å². The average molecular weight is 677 g/mol. The molecule has 248 valence electrons. The summed E-state index contributed by atoms with van der Waals surface area (Å²) in [6.07, 6.45) is 2.58. The first kappa shape index (κ1) is 32.8. The van der Waals surface area contributed by atoms with Crippen molar-refractivity contribution in [2.24, 2.45) is 11.3 Å². The summed E-state index contributed by atoms with van der Waals surface area (Å²) in [5.41, 5.74) is 18.8. The van der Waals surface area contributed by atoms with Gasteiger partial charge in [-0.25, -0.2) is 0 Å². The zero-order chi connectivity index (χ0) is 35.1. The first-order chi connectivity index (χ1) is 24.8. The van der Waals surface area contributed by atoms with Crippen LogP contribution in [-0.2, 0) is 0 Å². The SMILES string of the molecule is CC(C)=C1/C(=C(\c2ccccc2)c2ccc(Cl)cc2)C2C=C(c3ccccc3)c3ccc(-c4ccccc4)cc3C(c3ccccc3)=C2C1(C)C. The van der Waals surface area contributed by atoms with Crippen molar-refractivity contribution in [1.29, 1.82) is 0 Å². The largest absolute Gasteiger partial charge is 0.0843 e. The lowest BCUT2D eigenvalue weighted by Crippen LogP contribution is -2.15. The van der Waals surface area contributed by atoms with Gasteiger partial charge in [0.05, 0.1) is 0 Å². The number of rotatable bonds is 5. The maximum atomic E-state index is 6.52. The van der Waals surface area contributed by atoms with E-state index in [1.54, 1.807) is 0 Å². The van der Waals surface area contributed by atoms with Crippen LogP contribution in [0.25, 0.3) is 27.8 Å². The Morgan fingerprint density at radius 3 is 1.65 bits per heavy atom. The van der Waals surface area contributed by atoms with Crippen LogP contribution in [0.15, 0.2) is 192 Å². The zero-order valence-corrected chi connectivity index (χ0v) is 30.4. The van der Waals surface area contributed by atoms with E-state index in [0.29, 0.717) is 0 Å². The maximum Gasteiger partial charge on any atom is 0.0406 e. The Balaban J connectivity index is 1.58. The van der Waals surface area contributed by atoms with Crippen molar-refractivity contribution in [3.8, 4) is 11.1 Å². The monoisotopic (exact) mass is 676 g/mol. The molecule has 6 aromatic carbocycles. The highest BCUT2D eigenvalue weighted by Crippen LogP contribution is 2.62. The van der Waals surface area contributed by atoms with E-state index in [-0.39, 0.29) is 11.3 Å². The number of allylic oxidation sites excluding steroid dienone is 5. The number of fused-ring (bicyclic) bond motifs is 2. The first-order valence-corrected chi connectivity index (χ1v) is 18.2. The number of hydrogen-bond donors (Lipinski definition) is 0. The van der Waals surface area contributed by atoms with Gasteiger partial charge in [-0.2, -0.15) is 0 Å². The average Bonchev–Trinajstić information content (AvgIpc) is 3.28. The fourth-order valence-corrected chi connectivity index (χ4v) is 8.78. The van der Waals surface area contributed by atoms with Crippen molar-refractivity contribution in [3.05, 3.63) is 231 Å². The Bertz CT molecular complexity index is 2350. The summed E-state index contributed by atoms with van der Waals surface area (Å²) in [7, 11) is 0. The molecule has 0 bridgehead atoms. The molecule has 1 saturated carbocycles. The van der Waals surface area contributed by atoms with Crippen molar-refractivity contribution < 1.29 is 0 Å². The van der Waals surface area contributed by atoms with Gasteiger partial charge in [0, 0.05) is 16.4 Å². The van der Waals surface area contributed by atoms with Crippen LogP contribution >= 0.6 is 11.6 Å². The summed E-state index contributed by atoms with van der Waals surface area (Å²) in [6.45, 7) is 9.47. The van der Waals surface area contributed by atoms with E-state index in [0.717, 1.165) is 5.02 Å².